The highest BCUT2D eigenvalue weighted by atomic mass is 16.5. The molecule has 1 aliphatic rings. The van der Waals surface area contributed by atoms with Crippen LogP contribution < -0.4 is 16.0 Å². The Balaban J connectivity index is 1.47. The molecule has 0 fully saturated rings. The molecule has 166 valence electrons. The van der Waals surface area contributed by atoms with Crippen molar-refractivity contribution in [2.75, 3.05) is 17.2 Å². The first-order valence-corrected chi connectivity index (χ1v) is 10.5. The van der Waals surface area contributed by atoms with Crippen LogP contribution in [-0.4, -0.2) is 32.7 Å². The number of hydrogen-bond acceptors (Lipinski definition) is 8. The summed E-state index contributed by atoms with van der Waals surface area (Å²) in [5.41, 5.74) is 4.66. The van der Waals surface area contributed by atoms with Gasteiger partial charge < -0.3 is 25.6 Å². The zero-order chi connectivity index (χ0) is 22.8. The number of fused-ring (bicyclic) bond motifs is 1. The molecule has 0 bridgehead atoms. The summed E-state index contributed by atoms with van der Waals surface area (Å²) in [4.78, 5) is 20.6. The molecule has 1 aliphatic heterocycles. The van der Waals surface area contributed by atoms with Crippen molar-refractivity contribution in [1.82, 2.24) is 20.4 Å². The largest absolute Gasteiger partial charge is 0.394 e. The maximum absolute atomic E-state index is 12.0. The van der Waals surface area contributed by atoms with Crippen molar-refractivity contribution < 1.29 is 14.4 Å². The van der Waals surface area contributed by atoms with Gasteiger partial charge in [-0.3, -0.25) is 4.79 Å². The first-order valence-electron chi connectivity index (χ1n) is 10.5. The highest BCUT2D eigenvalue weighted by Gasteiger charge is 2.25. The smallest absolute Gasteiger partial charge is 0.261 e. The van der Waals surface area contributed by atoms with Gasteiger partial charge in [-0.2, -0.15) is 4.98 Å². The lowest BCUT2D eigenvalue weighted by molar-refractivity contribution is 0.0958. The van der Waals surface area contributed by atoms with Crippen LogP contribution in [0.2, 0.25) is 0 Å². The number of anilines is 3. The van der Waals surface area contributed by atoms with Gasteiger partial charge in [0.05, 0.1) is 29.9 Å². The van der Waals surface area contributed by atoms with Crippen molar-refractivity contribution in [2.24, 2.45) is 0 Å². The van der Waals surface area contributed by atoms with E-state index >= 15 is 0 Å². The van der Waals surface area contributed by atoms with Gasteiger partial charge in [-0.05, 0) is 36.2 Å². The molecule has 33 heavy (non-hydrogen) atoms. The van der Waals surface area contributed by atoms with Crippen LogP contribution in [0.1, 0.15) is 40.5 Å². The maximum atomic E-state index is 12.0. The summed E-state index contributed by atoms with van der Waals surface area (Å²) in [6.45, 7) is 1.84. The standard InChI is InChI=1S/C24H22N6O3/c1-14-18-9-16(7-8-17(18)23(32)28-14)29-22-10-20(19(11-25-22)24-26-13-27-33-24)30-21(12-31)15-5-3-2-4-6-15/h2-11,13-14,21,31H,12H2,1H3,(H,28,32)(H2,25,29,30)/t14?,21-/m1/s1. The van der Waals surface area contributed by atoms with Crippen molar-refractivity contribution >= 4 is 23.1 Å². The summed E-state index contributed by atoms with van der Waals surface area (Å²) in [6.07, 6.45) is 2.96. The van der Waals surface area contributed by atoms with Gasteiger partial charge in [0.15, 0.2) is 6.33 Å². The molecule has 4 N–H and O–H groups in total. The summed E-state index contributed by atoms with van der Waals surface area (Å²) >= 11 is 0. The molecule has 2 aromatic heterocycles. The lowest BCUT2D eigenvalue weighted by Crippen LogP contribution is -2.16. The topological polar surface area (TPSA) is 125 Å². The fourth-order valence-electron chi connectivity index (χ4n) is 3.92. The monoisotopic (exact) mass is 442 g/mol. The Hall–Kier alpha value is -4.24. The van der Waals surface area contributed by atoms with E-state index < -0.39 is 0 Å². The molecule has 5 rings (SSSR count). The number of pyridine rings is 1. The number of hydrogen-bond donors (Lipinski definition) is 4. The highest BCUT2D eigenvalue weighted by molar-refractivity contribution is 5.99. The number of aromatic nitrogens is 3. The van der Waals surface area contributed by atoms with Crippen molar-refractivity contribution in [3.8, 4) is 11.5 Å². The van der Waals surface area contributed by atoms with Crippen LogP contribution in [0.5, 0.6) is 0 Å². The second-order valence-corrected chi connectivity index (χ2v) is 7.77. The van der Waals surface area contributed by atoms with Gasteiger partial charge in [0.25, 0.3) is 11.8 Å². The van der Waals surface area contributed by atoms with Gasteiger partial charge in [-0.1, -0.05) is 35.5 Å². The number of nitrogens with one attached hydrogen (secondary N) is 3. The third kappa shape index (κ3) is 4.13. The van der Waals surface area contributed by atoms with Gasteiger partial charge in [-0.25, -0.2) is 4.98 Å². The van der Waals surface area contributed by atoms with Crippen LogP contribution >= 0.6 is 0 Å². The molecular formula is C24H22N6O3. The molecule has 9 nitrogen and oxygen atoms in total. The van der Waals surface area contributed by atoms with Crippen LogP contribution in [0, 0.1) is 0 Å². The Morgan fingerprint density at radius 1 is 1.12 bits per heavy atom. The molecule has 0 radical (unpaired) electrons. The van der Waals surface area contributed by atoms with Gasteiger partial charge in [0.2, 0.25) is 0 Å². The Morgan fingerprint density at radius 2 is 1.97 bits per heavy atom. The molecule has 0 aliphatic carbocycles. The number of amides is 1. The van der Waals surface area contributed by atoms with E-state index in [9.17, 15) is 9.90 Å². The number of benzene rings is 2. The summed E-state index contributed by atoms with van der Waals surface area (Å²) in [6, 6.07) is 16.7. The Kier molecular flexibility index (Phi) is 5.45. The molecule has 4 aromatic rings. The van der Waals surface area contributed by atoms with E-state index in [1.165, 1.54) is 6.33 Å². The fraction of sp³-hybridized carbons (Fsp3) is 0.167. The molecule has 0 saturated carbocycles. The molecule has 2 atom stereocenters. The molecule has 9 heteroatoms. The quantitative estimate of drug-likeness (QED) is 0.340. The van der Waals surface area contributed by atoms with E-state index in [0.29, 0.717) is 28.5 Å². The predicted molar refractivity (Wildman–Crippen MR) is 123 cm³/mol. The molecule has 1 amide bonds. The maximum Gasteiger partial charge on any atom is 0.261 e. The van der Waals surface area contributed by atoms with Gasteiger partial charge >= 0.3 is 0 Å². The molecule has 0 spiro atoms. The van der Waals surface area contributed by atoms with Crippen molar-refractivity contribution in [2.45, 2.75) is 19.0 Å². The minimum absolute atomic E-state index is 0.0458. The molecule has 3 heterocycles. The number of nitrogens with zero attached hydrogens (tertiary/aromatic N) is 3. The van der Waals surface area contributed by atoms with Crippen LogP contribution in [0.3, 0.4) is 0 Å². The first kappa shape index (κ1) is 20.7. The van der Waals surface area contributed by atoms with Gasteiger partial charge in [0.1, 0.15) is 5.82 Å². The fourth-order valence-corrected chi connectivity index (χ4v) is 3.92. The Morgan fingerprint density at radius 3 is 2.73 bits per heavy atom. The third-order valence-electron chi connectivity index (χ3n) is 5.59. The van der Waals surface area contributed by atoms with E-state index in [0.717, 1.165) is 16.8 Å². The number of aliphatic hydroxyl groups is 1. The van der Waals surface area contributed by atoms with E-state index in [2.05, 4.69) is 31.1 Å². The molecule has 1 unspecified atom stereocenters. The van der Waals surface area contributed by atoms with Crippen LogP contribution in [-0.2, 0) is 0 Å². The van der Waals surface area contributed by atoms with E-state index in [1.807, 2.05) is 55.5 Å². The average Bonchev–Trinajstić information content (AvgIpc) is 3.46. The predicted octanol–water partition coefficient (Wildman–Crippen LogP) is 3.83. The number of carbonyl (C=O) groups is 1. The van der Waals surface area contributed by atoms with E-state index in [-0.39, 0.29) is 24.6 Å². The minimum Gasteiger partial charge on any atom is -0.394 e. The normalized spacial score (nSPS) is 15.6. The summed E-state index contributed by atoms with van der Waals surface area (Å²) in [7, 11) is 0. The Labute approximate surface area is 189 Å². The SMILES string of the molecule is CC1NC(=O)c2ccc(Nc3cc(N[C@H](CO)c4ccccc4)c(-c4ncno4)cn3)cc21. The van der Waals surface area contributed by atoms with Gasteiger partial charge in [-0.15, -0.1) is 0 Å². The summed E-state index contributed by atoms with van der Waals surface area (Å²) in [5.74, 6) is 0.834. The molecule has 0 saturated heterocycles. The van der Waals surface area contributed by atoms with Crippen LogP contribution in [0.25, 0.3) is 11.5 Å². The number of aliphatic hydroxyl groups excluding tert-OH is 1. The molecule has 2 aromatic carbocycles. The van der Waals surface area contributed by atoms with Crippen molar-refractivity contribution in [3.63, 3.8) is 0 Å². The third-order valence-corrected chi connectivity index (χ3v) is 5.59. The van der Waals surface area contributed by atoms with E-state index in [1.54, 1.807) is 12.3 Å². The second-order valence-electron chi connectivity index (χ2n) is 7.77. The zero-order valence-electron chi connectivity index (χ0n) is 17.8. The lowest BCUT2D eigenvalue weighted by Gasteiger charge is -2.20. The number of rotatable bonds is 7. The highest BCUT2D eigenvalue weighted by Crippen LogP contribution is 2.33. The minimum atomic E-state index is -0.346. The van der Waals surface area contributed by atoms with E-state index in [4.69, 9.17) is 4.52 Å². The van der Waals surface area contributed by atoms with Crippen molar-refractivity contribution in [1.29, 1.82) is 0 Å². The number of carbonyl (C=O) groups excluding carboxylic acids is 1. The first-order chi connectivity index (χ1) is 16.1. The lowest BCUT2D eigenvalue weighted by atomic mass is 10.0. The second kappa shape index (κ2) is 8.71. The van der Waals surface area contributed by atoms with Crippen molar-refractivity contribution in [3.05, 3.63) is 83.8 Å². The summed E-state index contributed by atoms with van der Waals surface area (Å²) < 4.78 is 5.25. The Bertz CT molecular complexity index is 1280. The summed E-state index contributed by atoms with van der Waals surface area (Å²) in [5, 5.41) is 23.3. The molecular weight excluding hydrogens is 420 g/mol. The zero-order valence-corrected chi connectivity index (χ0v) is 17.8. The van der Waals surface area contributed by atoms with Gasteiger partial charge in [0, 0.05) is 23.5 Å². The van der Waals surface area contributed by atoms with Crippen LogP contribution in [0.15, 0.2) is 71.6 Å². The average molecular weight is 442 g/mol. The van der Waals surface area contributed by atoms with Crippen LogP contribution in [0.4, 0.5) is 17.2 Å².